The zero-order chi connectivity index (χ0) is 12.1. The maximum Gasteiger partial charge on any atom is 0.292 e. The monoisotopic (exact) mass is 226 g/mol. The van der Waals surface area contributed by atoms with E-state index in [0.29, 0.717) is 6.42 Å². The number of carbonyl (C=O) groups is 1. The van der Waals surface area contributed by atoms with Crippen LogP contribution in [0.25, 0.3) is 0 Å². The van der Waals surface area contributed by atoms with Crippen molar-refractivity contribution in [3.8, 4) is 0 Å². The van der Waals surface area contributed by atoms with Gasteiger partial charge in [0.25, 0.3) is 5.69 Å². The van der Waals surface area contributed by atoms with Crippen LogP contribution < -0.4 is 5.32 Å². The van der Waals surface area contributed by atoms with Crippen molar-refractivity contribution in [2.45, 2.75) is 19.8 Å². The molecule has 1 rings (SSSR count). The van der Waals surface area contributed by atoms with E-state index in [9.17, 15) is 19.3 Å². The van der Waals surface area contributed by atoms with Crippen molar-refractivity contribution in [3.05, 3.63) is 34.1 Å². The summed E-state index contributed by atoms with van der Waals surface area (Å²) in [5.74, 6) is -0.992. The lowest BCUT2D eigenvalue weighted by Gasteiger charge is -2.04. The lowest BCUT2D eigenvalue weighted by molar-refractivity contribution is -0.384. The van der Waals surface area contributed by atoms with Gasteiger partial charge in [0.2, 0.25) is 5.91 Å². The van der Waals surface area contributed by atoms with Gasteiger partial charge in [0.15, 0.2) is 0 Å². The molecule has 86 valence electrons. The molecule has 0 fully saturated rings. The zero-order valence-electron chi connectivity index (χ0n) is 8.70. The molecule has 0 heterocycles. The summed E-state index contributed by atoms with van der Waals surface area (Å²) in [7, 11) is 0. The SMILES string of the molecule is CCCC(=O)Nc1cc(F)ccc1[N+](=O)[O-]. The summed E-state index contributed by atoms with van der Waals surface area (Å²) in [6.07, 6.45) is 0.864. The highest BCUT2D eigenvalue weighted by atomic mass is 19.1. The Labute approximate surface area is 91.4 Å². The average Bonchev–Trinajstić information content (AvgIpc) is 2.17. The molecule has 0 aliphatic heterocycles. The minimum absolute atomic E-state index is 0.108. The van der Waals surface area contributed by atoms with E-state index in [2.05, 4.69) is 5.32 Å². The van der Waals surface area contributed by atoms with E-state index in [0.717, 1.165) is 18.2 Å². The third-order valence-electron chi connectivity index (χ3n) is 1.91. The van der Waals surface area contributed by atoms with Crippen molar-refractivity contribution in [2.75, 3.05) is 5.32 Å². The van der Waals surface area contributed by atoms with Gasteiger partial charge in [-0.1, -0.05) is 6.92 Å². The maximum absolute atomic E-state index is 12.9. The number of hydrogen-bond donors (Lipinski definition) is 1. The predicted molar refractivity (Wildman–Crippen MR) is 56.6 cm³/mol. The van der Waals surface area contributed by atoms with Crippen molar-refractivity contribution in [3.63, 3.8) is 0 Å². The van der Waals surface area contributed by atoms with Crippen molar-refractivity contribution in [2.24, 2.45) is 0 Å². The Morgan fingerprint density at radius 3 is 2.81 bits per heavy atom. The summed E-state index contributed by atoms with van der Waals surface area (Å²) >= 11 is 0. The molecule has 16 heavy (non-hydrogen) atoms. The van der Waals surface area contributed by atoms with Crippen LogP contribution in [0.1, 0.15) is 19.8 Å². The molecule has 0 saturated carbocycles. The molecule has 0 aromatic heterocycles. The minimum Gasteiger partial charge on any atom is -0.320 e. The van der Waals surface area contributed by atoms with Crippen molar-refractivity contribution in [1.82, 2.24) is 0 Å². The second-order valence-corrected chi connectivity index (χ2v) is 3.22. The summed E-state index contributed by atoms with van der Waals surface area (Å²) in [5.41, 5.74) is -0.422. The van der Waals surface area contributed by atoms with Crippen LogP contribution >= 0.6 is 0 Å². The number of rotatable bonds is 4. The summed E-state index contributed by atoms with van der Waals surface area (Å²) in [6, 6.07) is 2.94. The molecule has 1 amide bonds. The first-order chi connectivity index (χ1) is 7.54. The molecule has 0 aliphatic rings. The Morgan fingerprint density at radius 2 is 2.25 bits per heavy atom. The number of nitrogens with one attached hydrogen (secondary N) is 1. The minimum atomic E-state index is -0.666. The van der Waals surface area contributed by atoms with E-state index in [1.807, 2.05) is 0 Å². The van der Waals surface area contributed by atoms with E-state index >= 15 is 0 Å². The number of amides is 1. The molecule has 0 saturated heterocycles. The molecule has 0 aliphatic carbocycles. The number of hydrogen-bond acceptors (Lipinski definition) is 3. The van der Waals surface area contributed by atoms with E-state index < -0.39 is 10.7 Å². The molecule has 0 atom stereocenters. The number of benzene rings is 1. The lowest BCUT2D eigenvalue weighted by atomic mass is 10.2. The van der Waals surface area contributed by atoms with Gasteiger partial charge in [0.1, 0.15) is 11.5 Å². The number of nitro benzene ring substituents is 1. The van der Waals surface area contributed by atoms with Crippen LogP contribution in [-0.2, 0) is 4.79 Å². The molecular formula is C10H11FN2O3. The van der Waals surface area contributed by atoms with Crippen LogP contribution in [0.15, 0.2) is 18.2 Å². The van der Waals surface area contributed by atoms with Crippen molar-refractivity contribution >= 4 is 17.3 Å². The fourth-order valence-electron chi connectivity index (χ4n) is 1.21. The molecule has 0 spiro atoms. The van der Waals surface area contributed by atoms with Gasteiger partial charge < -0.3 is 5.32 Å². The maximum atomic E-state index is 12.9. The second-order valence-electron chi connectivity index (χ2n) is 3.22. The Hall–Kier alpha value is -1.98. The smallest absolute Gasteiger partial charge is 0.292 e. The molecule has 0 radical (unpaired) electrons. The molecule has 6 heteroatoms. The summed E-state index contributed by atoms with van der Waals surface area (Å²) < 4.78 is 12.9. The highest BCUT2D eigenvalue weighted by Gasteiger charge is 2.16. The number of halogens is 1. The Kier molecular flexibility index (Phi) is 3.93. The van der Waals surface area contributed by atoms with Gasteiger partial charge in [-0.2, -0.15) is 0 Å². The van der Waals surface area contributed by atoms with E-state index in [1.54, 1.807) is 6.92 Å². The first-order valence-electron chi connectivity index (χ1n) is 4.78. The molecule has 1 aromatic carbocycles. The van der Waals surface area contributed by atoms with Gasteiger partial charge >= 0.3 is 0 Å². The van der Waals surface area contributed by atoms with Gasteiger partial charge in [-0.25, -0.2) is 4.39 Å². The predicted octanol–water partition coefficient (Wildman–Crippen LogP) is 2.47. The van der Waals surface area contributed by atoms with Crippen LogP contribution in [-0.4, -0.2) is 10.8 Å². The summed E-state index contributed by atoms with van der Waals surface area (Å²) in [6.45, 7) is 1.81. The van der Waals surface area contributed by atoms with Crippen LogP contribution in [0.4, 0.5) is 15.8 Å². The molecule has 1 N–H and O–H groups in total. The van der Waals surface area contributed by atoms with Gasteiger partial charge in [0, 0.05) is 18.6 Å². The zero-order valence-corrected chi connectivity index (χ0v) is 8.70. The number of carbonyl (C=O) groups excluding carboxylic acids is 1. The van der Waals surface area contributed by atoms with Crippen molar-refractivity contribution in [1.29, 1.82) is 0 Å². The molecule has 0 bridgehead atoms. The van der Waals surface area contributed by atoms with Crippen LogP contribution in [0.2, 0.25) is 0 Å². The average molecular weight is 226 g/mol. The third-order valence-corrected chi connectivity index (χ3v) is 1.91. The summed E-state index contributed by atoms with van der Waals surface area (Å²) in [5, 5.41) is 12.9. The standard InChI is InChI=1S/C10H11FN2O3/c1-2-3-10(14)12-8-6-7(11)4-5-9(8)13(15)16/h4-6H,2-3H2,1H3,(H,12,14). The van der Waals surface area contributed by atoms with Gasteiger partial charge in [0.05, 0.1) is 4.92 Å². The fourth-order valence-corrected chi connectivity index (χ4v) is 1.21. The Balaban J connectivity index is 2.96. The largest absolute Gasteiger partial charge is 0.320 e. The van der Waals surface area contributed by atoms with E-state index in [-0.39, 0.29) is 23.7 Å². The molecule has 0 unspecified atom stereocenters. The highest BCUT2D eigenvalue weighted by Crippen LogP contribution is 2.24. The number of nitrogens with zero attached hydrogens (tertiary/aromatic N) is 1. The summed E-state index contributed by atoms with van der Waals surface area (Å²) in [4.78, 5) is 21.2. The third kappa shape index (κ3) is 3.01. The number of nitro groups is 1. The number of anilines is 1. The first-order valence-corrected chi connectivity index (χ1v) is 4.78. The fraction of sp³-hybridized carbons (Fsp3) is 0.300. The molecule has 5 nitrogen and oxygen atoms in total. The topological polar surface area (TPSA) is 72.2 Å². The Bertz CT molecular complexity index is 421. The first kappa shape index (κ1) is 12.1. The quantitative estimate of drug-likeness (QED) is 0.633. The normalized spacial score (nSPS) is 9.88. The van der Waals surface area contributed by atoms with Crippen LogP contribution in [0, 0.1) is 15.9 Å². The van der Waals surface area contributed by atoms with Gasteiger partial charge in [-0.15, -0.1) is 0 Å². The van der Waals surface area contributed by atoms with Gasteiger partial charge in [-0.05, 0) is 12.5 Å². The molecule has 1 aromatic rings. The van der Waals surface area contributed by atoms with Gasteiger partial charge in [-0.3, -0.25) is 14.9 Å². The van der Waals surface area contributed by atoms with E-state index in [4.69, 9.17) is 0 Å². The second kappa shape index (κ2) is 5.20. The van der Waals surface area contributed by atoms with Crippen LogP contribution in [0.5, 0.6) is 0 Å². The Morgan fingerprint density at radius 1 is 1.56 bits per heavy atom. The van der Waals surface area contributed by atoms with E-state index in [1.165, 1.54) is 0 Å². The van der Waals surface area contributed by atoms with Crippen LogP contribution in [0.3, 0.4) is 0 Å². The highest BCUT2D eigenvalue weighted by molar-refractivity contribution is 5.92. The lowest BCUT2D eigenvalue weighted by Crippen LogP contribution is -2.12. The van der Waals surface area contributed by atoms with Crippen molar-refractivity contribution < 1.29 is 14.1 Å². The molecular weight excluding hydrogens is 215 g/mol.